The van der Waals surface area contributed by atoms with Crippen molar-refractivity contribution in [2.45, 2.75) is 6.92 Å². The van der Waals surface area contributed by atoms with Crippen molar-refractivity contribution in [3.63, 3.8) is 0 Å². The lowest BCUT2D eigenvalue weighted by atomic mass is 10.3. The van der Waals surface area contributed by atoms with Crippen LogP contribution in [0.3, 0.4) is 0 Å². The van der Waals surface area contributed by atoms with Crippen LogP contribution in [0.4, 0.5) is 5.95 Å². The third-order valence-electron chi connectivity index (χ3n) is 3.56. The van der Waals surface area contributed by atoms with Crippen LogP contribution in [0.15, 0.2) is 30.3 Å². The highest BCUT2D eigenvalue weighted by Crippen LogP contribution is 2.16. The number of aromatic nitrogens is 4. The Morgan fingerprint density at radius 2 is 1.79 bits per heavy atom. The van der Waals surface area contributed by atoms with Gasteiger partial charge in [-0.2, -0.15) is 4.68 Å². The van der Waals surface area contributed by atoms with Gasteiger partial charge in [-0.05, 0) is 29.1 Å². The van der Waals surface area contributed by atoms with Crippen LogP contribution in [-0.4, -0.2) is 57.8 Å². The fraction of sp³-hybridized carbons (Fsp3) is 0.462. The lowest BCUT2D eigenvalue weighted by Gasteiger charge is -2.34. The van der Waals surface area contributed by atoms with E-state index < -0.39 is 0 Å². The summed E-state index contributed by atoms with van der Waals surface area (Å²) in [5.41, 5.74) is 1.00. The maximum Gasteiger partial charge on any atom is 0.250 e. The van der Waals surface area contributed by atoms with Crippen LogP contribution in [0.2, 0.25) is 0 Å². The average molecular weight is 258 g/mol. The Morgan fingerprint density at radius 3 is 2.47 bits per heavy atom. The SMILES string of the molecule is CCN1CCN(c2nnnn2-c2ccccc2)CC1. The van der Waals surface area contributed by atoms with Gasteiger partial charge in [0.2, 0.25) is 5.95 Å². The lowest BCUT2D eigenvalue weighted by Crippen LogP contribution is -2.47. The van der Waals surface area contributed by atoms with Gasteiger partial charge in [-0.25, -0.2) is 0 Å². The third-order valence-corrected chi connectivity index (χ3v) is 3.56. The fourth-order valence-electron chi connectivity index (χ4n) is 2.38. The summed E-state index contributed by atoms with van der Waals surface area (Å²) in [6, 6.07) is 10.0. The van der Waals surface area contributed by atoms with E-state index >= 15 is 0 Å². The first kappa shape index (κ1) is 12.1. The monoisotopic (exact) mass is 258 g/mol. The van der Waals surface area contributed by atoms with Gasteiger partial charge in [0.05, 0.1) is 5.69 Å². The molecule has 1 fully saturated rings. The first-order chi connectivity index (χ1) is 9.38. The van der Waals surface area contributed by atoms with Gasteiger partial charge in [0.25, 0.3) is 0 Å². The molecule has 0 amide bonds. The van der Waals surface area contributed by atoms with Crippen molar-refractivity contribution in [1.29, 1.82) is 0 Å². The molecule has 19 heavy (non-hydrogen) atoms. The molecule has 6 heteroatoms. The Hall–Kier alpha value is -1.95. The van der Waals surface area contributed by atoms with E-state index in [9.17, 15) is 0 Å². The van der Waals surface area contributed by atoms with Gasteiger partial charge in [-0.1, -0.05) is 30.2 Å². The summed E-state index contributed by atoms with van der Waals surface area (Å²) in [5, 5.41) is 12.1. The van der Waals surface area contributed by atoms with E-state index in [1.807, 2.05) is 35.0 Å². The van der Waals surface area contributed by atoms with E-state index in [-0.39, 0.29) is 0 Å². The molecule has 1 aliphatic rings. The summed E-state index contributed by atoms with van der Waals surface area (Å²) in [7, 11) is 0. The molecule has 0 saturated carbocycles. The molecule has 2 heterocycles. The summed E-state index contributed by atoms with van der Waals surface area (Å²) >= 11 is 0. The maximum absolute atomic E-state index is 4.18. The number of para-hydroxylation sites is 1. The van der Waals surface area contributed by atoms with Crippen molar-refractivity contribution in [2.75, 3.05) is 37.6 Å². The predicted octanol–water partition coefficient (Wildman–Crippen LogP) is 0.804. The minimum absolute atomic E-state index is 0.835. The molecule has 1 aromatic carbocycles. The summed E-state index contributed by atoms with van der Waals surface area (Å²) < 4.78 is 1.81. The van der Waals surface area contributed by atoms with Gasteiger partial charge >= 0.3 is 0 Å². The highest BCUT2D eigenvalue weighted by Gasteiger charge is 2.21. The molecule has 2 aromatic rings. The third kappa shape index (κ3) is 2.44. The molecule has 6 nitrogen and oxygen atoms in total. The maximum atomic E-state index is 4.18. The number of anilines is 1. The van der Waals surface area contributed by atoms with E-state index in [2.05, 4.69) is 32.2 Å². The smallest absolute Gasteiger partial charge is 0.250 e. The number of benzene rings is 1. The average Bonchev–Trinajstić information content (AvgIpc) is 2.98. The van der Waals surface area contributed by atoms with E-state index in [4.69, 9.17) is 0 Å². The van der Waals surface area contributed by atoms with Crippen molar-refractivity contribution < 1.29 is 0 Å². The van der Waals surface area contributed by atoms with Crippen molar-refractivity contribution in [1.82, 2.24) is 25.1 Å². The summed E-state index contributed by atoms with van der Waals surface area (Å²) in [5.74, 6) is 0.835. The quantitative estimate of drug-likeness (QED) is 0.815. The molecule has 1 aromatic heterocycles. The van der Waals surface area contributed by atoms with Crippen molar-refractivity contribution in [3.05, 3.63) is 30.3 Å². The van der Waals surface area contributed by atoms with E-state index in [0.717, 1.165) is 44.4 Å². The van der Waals surface area contributed by atoms with Crippen molar-refractivity contribution in [2.24, 2.45) is 0 Å². The second kappa shape index (κ2) is 5.36. The zero-order valence-electron chi connectivity index (χ0n) is 11.1. The number of rotatable bonds is 3. The Kier molecular flexibility index (Phi) is 3.41. The summed E-state index contributed by atoms with van der Waals surface area (Å²) in [4.78, 5) is 4.69. The normalized spacial score (nSPS) is 16.8. The highest BCUT2D eigenvalue weighted by molar-refractivity contribution is 5.40. The van der Waals surface area contributed by atoms with Gasteiger partial charge in [-0.3, -0.25) is 0 Å². The molecule has 0 spiro atoms. The zero-order valence-corrected chi connectivity index (χ0v) is 11.1. The Morgan fingerprint density at radius 1 is 1.05 bits per heavy atom. The highest BCUT2D eigenvalue weighted by atomic mass is 15.6. The summed E-state index contributed by atoms with van der Waals surface area (Å²) in [6.45, 7) is 7.39. The zero-order chi connectivity index (χ0) is 13.1. The van der Waals surface area contributed by atoms with Crippen LogP contribution < -0.4 is 4.90 Å². The second-order valence-corrected chi connectivity index (χ2v) is 4.65. The standard InChI is InChI=1S/C13H18N6/c1-2-17-8-10-18(11-9-17)13-14-15-16-19(13)12-6-4-3-5-7-12/h3-7H,2,8-11H2,1H3. The minimum atomic E-state index is 0.835. The summed E-state index contributed by atoms with van der Waals surface area (Å²) in [6.07, 6.45) is 0. The van der Waals surface area contributed by atoms with Gasteiger partial charge < -0.3 is 9.80 Å². The minimum Gasteiger partial charge on any atom is -0.337 e. The second-order valence-electron chi connectivity index (χ2n) is 4.65. The topological polar surface area (TPSA) is 50.1 Å². The molecule has 0 aliphatic carbocycles. The van der Waals surface area contributed by atoms with Crippen molar-refractivity contribution in [3.8, 4) is 5.69 Å². The predicted molar refractivity (Wildman–Crippen MR) is 73.5 cm³/mol. The van der Waals surface area contributed by atoms with Gasteiger partial charge in [0.1, 0.15) is 0 Å². The largest absolute Gasteiger partial charge is 0.337 e. The number of likely N-dealkylation sites (N-methyl/N-ethyl adjacent to an activating group) is 1. The van der Waals surface area contributed by atoms with Gasteiger partial charge in [0.15, 0.2) is 0 Å². The molecular weight excluding hydrogens is 240 g/mol. The molecule has 0 unspecified atom stereocenters. The number of nitrogens with zero attached hydrogens (tertiary/aromatic N) is 6. The van der Waals surface area contributed by atoms with Crippen LogP contribution in [0.5, 0.6) is 0 Å². The molecule has 1 saturated heterocycles. The van der Waals surface area contributed by atoms with Crippen LogP contribution in [0.25, 0.3) is 5.69 Å². The number of tetrazole rings is 1. The van der Waals surface area contributed by atoms with Crippen LogP contribution >= 0.6 is 0 Å². The molecule has 0 bridgehead atoms. The van der Waals surface area contributed by atoms with E-state index in [1.165, 1.54) is 0 Å². The molecule has 0 atom stereocenters. The molecule has 3 rings (SSSR count). The van der Waals surface area contributed by atoms with Crippen LogP contribution in [0.1, 0.15) is 6.92 Å². The first-order valence-corrected chi connectivity index (χ1v) is 6.69. The molecule has 1 aliphatic heterocycles. The Balaban J connectivity index is 1.81. The fourth-order valence-corrected chi connectivity index (χ4v) is 2.38. The van der Waals surface area contributed by atoms with Crippen LogP contribution in [-0.2, 0) is 0 Å². The Labute approximate surface area is 112 Å². The molecule has 0 N–H and O–H groups in total. The Bertz CT molecular complexity index is 515. The number of hydrogen-bond donors (Lipinski definition) is 0. The van der Waals surface area contributed by atoms with Gasteiger partial charge in [-0.15, -0.1) is 0 Å². The number of hydrogen-bond acceptors (Lipinski definition) is 5. The van der Waals surface area contributed by atoms with E-state index in [1.54, 1.807) is 0 Å². The molecular formula is C13H18N6. The molecule has 0 radical (unpaired) electrons. The van der Waals surface area contributed by atoms with Crippen LogP contribution in [0, 0.1) is 0 Å². The number of piperazine rings is 1. The molecule has 100 valence electrons. The first-order valence-electron chi connectivity index (χ1n) is 6.69. The van der Waals surface area contributed by atoms with Gasteiger partial charge in [0, 0.05) is 26.2 Å². The lowest BCUT2D eigenvalue weighted by molar-refractivity contribution is 0.269. The van der Waals surface area contributed by atoms with Crippen molar-refractivity contribution >= 4 is 5.95 Å². The van der Waals surface area contributed by atoms with E-state index in [0.29, 0.717) is 0 Å².